The number of piperidine rings is 1. The largest absolute Gasteiger partial charge is 0.342 e. The van der Waals surface area contributed by atoms with E-state index in [-0.39, 0.29) is 11.8 Å². The van der Waals surface area contributed by atoms with Crippen molar-refractivity contribution in [3.8, 4) is 11.4 Å². The smallest absolute Gasteiger partial charge is 0.225 e. The minimum absolute atomic E-state index is 0.0547. The minimum Gasteiger partial charge on any atom is -0.342 e. The molecule has 0 bridgehead atoms. The van der Waals surface area contributed by atoms with Crippen LogP contribution < -0.4 is 0 Å². The first-order valence-corrected chi connectivity index (χ1v) is 8.32. The molecule has 0 saturated carbocycles. The third-order valence-electron chi connectivity index (χ3n) is 4.35. The zero-order chi connectivity index (χ0) is 16.2. The van der Waals surface area contributed by atoms with E-state index in [9.17, 15) is 4.79 Å². The van der Waals surface area contributed by atoms with E-state index >= 15 is 0 Å². The summed E-state index contributed by atoms with van der Waals surface area (Å²) in [5.74, 6) is 1.36. The third-order valence-corrected chi connectivity index (χ3v) is 4.35. The van der Waals surface area contributed by atoms with Crippen LogP contribution in [0.25, 0.3) is 11.4 Å². The van der Waals surface area contributed by atoms with Crippen molar-refractivity contribution in [2.75, 3.05) is 13.1 Å². The Bertz CT molecular complexity index is 669. The molecule has 0 N–H and O–H groups in total. The van der Waals surface area contributed by atoms with Gasteiger partial charge in [0, 0.05) is 42.4 Å². The Labute approximate surface area is 137 Å². The van der Waals surface area contributed by atoms with Crippen LogP contribution in [-0.2, 0) is 4.79 Å². The van der Waals surface area contributed by atoms with Gasteiger partial charge in [0.15, 0.2) is 5.82 Å². The van der Waals surface area contributed by atoms with Crippen LogP contribution in [0.15, 0.2) is 42.6 Å². The molecule has 1 atom stereocenters. The molecule has 4 nitrogen and oxygen atoms in total. The lowest BCUT2D eigenvalue weighted by Crippen LogP contribution is -2.41. The van der Waals surface area contributed by atoms with Gasteiger partial charge < -0.3 is 4.90 Å². The monoisotopic (exact) mass is 309 g/mol. The van der Waals surface area contributed by atoms with Crippen LogP contribution >= 0.6 is 0 Å². The van der Waals surface area contributed by atoms with Gasteiger partial charge in [-0.2, -0.15) is 0 Å². The van der Waals surface area contributed by atoms with Gasteiger partial charge in [0.1, 0.15) is 0 Å². The van der Waals surface area contributed by atoms with Crippen molar-refractivity contribution in [3.05, 3.63) is 48.3 Å². The van der Waals surface area contributed by atoms with E-state index in [4.69, 9.17) is 4.98 Å². The van der Waals surface area contributed by atoms with Crippen molar-refractivity contribution < 1.29 is 4.79 Å². The summed E-state index contributed by atoms with van der Waals surface area (Å²) >= 11 is 0. The lowest BCUT2D eigenvalue weighted by Gasteiger charge is -2.33. The van der Waals surface area contributed by atoms with Crippen LogP contribution in [0.2, 0.25) is 0 Å². The van der Waals surface area contributed by atoms with E-state index < -0.39 is 0 Å². The molecule has 0 radical (unpaired) electrons. The number of likely N-dealkylation sites (tertiary alicyclic amines) is 1. The summed E-state index contributed by atoms with van der Waals surface area (Å²) in [6, 6.07) is 12.0. The molecule has 1 amide bonds. The standard InChI is InChI=1S/C19H23N3O/c1-14(2)19(23)22-12-6-9-16(13-22)17-10-11-20-18(21-17)15-7-4-3-5-8-15/h3-5,7-8,10-11,14,16H,6,9,12-13H2,1-2H3. The molecule has 120 valence electrons. The second-order valence-electron chi connectivity index (χ2n) is 6.45. The number of carbonyl (C=O) groups is 1. The molecule has 4 heteroatoms. The van der Waals surface area contributed by atoms with Crippen molar-refractivity contribution in [1.29, 1.82) is 0 Å². The summed E-state index contributed by atoms with van der Waals surface area (Å²) in [6.07, 6.45) is 3.94. The molecular weight excluding hydrogens is 286 g/mol. The van der Waals surface area contributed by atoms with E-state index in [0.29, 0.717) is 5.92 Å². The molecule has 1 aromatic carbocycles. The fraction of sp³-hybridized carbons (Fsp3) is 0.421. The van der Waals surface area contributed by atoms with Gasteiger partial charge >= 0.3 is 0 Å². The summed E-state index contributed by atoms with van der Waals surface area (Å²) < 4.78 is 0. The lowest BCUT2D eigenvalue weighted by atomic mass is 9.93. The molecule has 2 aromatic rings. The van der Waals surface area contributed by atoms with Crippen molar-refractivity contribution in [2.45, 2.75) is 32.6 Å². The molecule has 0 spiro atoms. The maximum Gasteiger partial charge on any atom is 0.225 e. The van der Waals surface area contributed by atoms with Crippen molar-refractivity contribution in [3.63, 3.8) is 0 Å². The molecule has 1 unspecified atom stereocenters. The van der Waals surface area contributed by atoms with E-state index in [0.717, 1.165) is 43.0 Å². The van der Waals surface area contributed by atoms with Crippen LogP contribution in [0.4, 0.5) is 0 Å². The van der Waals surface area contributed by atoms with Crippen LogP contribution in [0.3, 0.4) is 0 Å². The van der Waals surface area contributed by atoms with Gasteiger partial charge in [0.05, 0.1) is 0 Å². The summed E-state index contributed by atoms with van der Waals surface area (Å²) in [6.45, 7) is 5.56. The number of rotatable bonds is 3. The Balaban J connectivity index is 1.80. The Morgan fingerprint density at radius 3 is 2.74 bits per heavy atom. The summed E-state index contributed by atoms with van der Waals surface area (Å²) in [5.41, 5.74) is 2.07. The average molecular weight is 309 g/mol. The predicted molar refractivity (Wildman–Crippen MR) is 90.9 cm³/mol. The van der Waals surface area contributed by atoms with Gasteiger partial charge in [0.2, 0.25) is 5.91 Å². The van der Waals surface area contributed by atoms with E-state index in [1.807, 2.05) is 61.3 Å². The fourth-order valence-electron chi connectivity index (χ4n) is 3.11. The second-order valence-corrected chi connectivity index (χ2v) is 6.45. The van der Waals surface area contributed by atoms with Crippen molar-refractivity contribution >= 4 is 5.91 Å². The average Bonchev–Trinajstić information content (AvgIpc) is 2.62. The van der Waals surface area contributed by atoms with Gasteiger partial charge in [-0.05, 0) is 18.9 Å². The highest BCUT2D eigenvalue weighted by Crippen LogP contribution is 2.27. The number of carbonyl (C=O) groups excluding carboxylic acids is 1. The first-order chi connectivity index (χ1) is 11.1. The van der Waals surface area contributed by atoms with Crippen LogP contribution in [0.5, 0.6) is 0 Å². The summed E-state index contributed by atoms with van der Waals surface area (Å²) in [7, 11) is 0. The summed E-state index contributed by atoms with van der Waals surface area (Å²) in [4.78, 5) is 23.4. The number of benzene rings is 1. The van der Waals surface area contributed by atoms with Gasteiger partial charge in [0.25, 0.3) is 0 Å². The van der Waals surface area contributed by atoms with Crippen LogP contribution in [-0.4, -0.2) is 33.9 Å². The van der Waals surface area contributed by atoms with Crippen LogP contribution in [0.1, 0.15) is 38.3 Å². The molecule has 0 aliphatic carbocycles. The molecule has 1 fully saturated rings. The zero-order valence-corrected chi connectivity index (χ0v) is 13.8. The van der Waals surface area contributed by atoms with Gasteiger partial charge in [-0.25, -0.2) is 9.97 Å². The Hall–Kier alpha value is -2.23. The maximum absolute atomic E-state index is 12.3. The van der Waals surface area contributed by atoms with Gasteiger partial charge in [-0.15, -0.1) is 0 Å². The molecule has 3 rings (SSSR count). The Morgan fingerprint density at radius 1 is 1.22 bits per heavy atom. The highest BCUT2D eigenvalue weighted by molar-refractivity contribution is 5.78. The zero-order valence-electron chi connectivity index (χ0n) is 13.8. The lowest BCUT2D eigenvalue weighted by molar-refractivity contribution is -0.135. The maximum atomic E-state index is 12.3. The Morgan fingerprint density at radius 2 is 2.00 bits per heavy atom. The van der Waals surface area contributed by atoms with E-state index in [1.54, 1.807) is 0 Å². The minimum atomic E-state index is 0.0547. The molecular formula is C19H23N3O. The summed E-state index contributed by atoms with van der Waals surface area (Å²) in [5, 5.41) is 0. The first-order valence-electron chi connectivity index (χ1n) is 8.32. The fourth-order valence-corrected chi connectivity index (χ4v) is 3.11. The molecule has 2 heterocycles. The molecule has 1 aliphatic heterocycles. The highest BCUT2D eigenvalue weighted by Gasteiger charge is 2.27. The van der Waals surface area contributed by atoms with Crippen LogP contribution in [0, 0.1) is 5.92 Å². The third kappa shape index (κ3) is 3.58. The number of hydrogen-bond acceptors (Lipinski definition) is 3. The topological polar surface area (TPSA) is 46.1 Å². The SMILES string of the molecule is CC(C)C(=O)N1CCCC(c2ccnc(-c3ccccc3)n2)C1. The molecule has 23 heavy (non-hydrogen) atoms. The molecule has 1 aliphatic rings. The number of hydrogen-bond donors (Lipinski definition) is 0. The number of nitrogens with zero attached hydrogens (tertiary/aromatic N) is 3. The normalized spacial score (nSPS) is 18.2. The van der Waals surface area contributed by atoms with Gasteiger partial charge in [-0.3, -0.25) is 4.79 Å². The molecule has 1 saturated heterocycles. The highest BCUT2D eigenvalue weighted by atomic mass is 16.2. The van der Waals surface area contributed by atoms with Gasteiger partial charge in [-0.1, -0.05) is 44.2 Å². The van der Waals surface area contributed by atoms with Crippen molar-refractivity contribution in [2.24, 2.45) is 5.92 Å². The van der Waals surface area contributed by atoms with Crippen molar-refractivity contribution in [1.82, 2.24) is 14.9 Å². The quantitative estimate of drug-likeness (QED) is 0.871. The van der Waals surface area contributed by atoms with E-state index in [2.05, 4.69) is 4.98 Å². The first kappa shape index (κ1) is 15.7. The second kappa shape index (κ2) is 6.90. The van der Waals surface area contributed by atoms with E-state index in [1.165, 1.54) is 0 Å². The Kier molecular flexibility index (Phi) is 4.70. The predicted octanol–water partition coefficient (Wildman–Crippen LogP) is 3.51. The number of amides is 1. The number of aromatic nitrogens is 2. The molecule has 1 aromatic heterocycles.